The topological polar surface area (TPSA) is 104 Å². The average Bonchev–Trinajstić information content (AvgIpc) is 2.78. The zero-order valence-corrected chi connectivity index (χ0v) is 19.5. The summed E-state index contributed by atoms with van der Waals surface area (Å²) in [7, 11) is -7.31. The molecule has 2 heterocycles. The fourth-order valence-electron chi connectivity index (χ4n) is 4.19. The number of piperidine rings is 1. The number of fused-ring (bicyclic) bond motifs is 1. The molecule has 8 nitrogen and oxygen atoms in total. The van der Waals surface area contributed by atoms with Gasteiger partial charge in [0.15, 0.2) is 9.84 Å². The lowest BCUT2D eigenvalue weighted by Gasteiger charge is -2.34. The number of hydrogen-bond donors (Lipinski definition) is 1. The SMILES string of the molecule is CS(=O)(=O)c1cccc(S(=O)(=O)N2CCC(NC(=O)N3CCc4ccccc4C3)CC2)c1. The number of sulfone groups is 1. The summed E-state index contributed by atoms with van der Waals surface area (Å²) >= 11 is 0. The minimum atomic E-state index is -3.80. The molecule has 4 rings (SSSR count). The molecule has 1 fully saturated rings. The van der Waals surface area contributed by atoms with E-state index in [9.17, 15) is 21.6 Å². The van der Waals surface area contributed by atoms with E-state index >= 15 is 0 Å². The molecule has 0 aromatic heterocycles. The Morgan fingerprint density at radius 3 is 2.25 bits per heavy atom. The van der Waals surface area contributed by atoms with E-state index in [0.29, 0.717) is 25.9 Å². The number of amides is 2. The molecule has 0 unspecified atom stereocenters. The summed E-state index contributed by atoms with van der Waals surface area (Å²) < 4.78 is 50.9. The number of carbonyl (C=O) groups excluding carboxylic acids is 1. The summed E-state index contributed by atoms with van der Waals surface area (Å²) in [6.45, 7) is 1.76. The summed E-state index contributed by atoms with van der Waals surface area (Å²) in [5.41, 5.74) is 2.43. The maximum atomic E-state index is 13.0. The minimum Gasteiger partial charge on any atom is -0.335 e. The summed E-state index contributed by atoms with van der Waals surface area (Å²) in [6.07, 6.45) is 2.88. The van der Waals surface area contributed by atoms with Crippen molar-refractivity contribution in [3.05, 3.63) is 59.7 Å². The maximum Gasteiger partial charge on any atom is 0.317 e. The van der Waals surface area contributed by atoms with Gasteiger partial charge in [0.2, 0.25) is 10.0 Å². The molecular formula is C22H27N3O5S2. The largest absolute Gasteiger partial charge is 0.335 e. The van der Waals surface area contributed by atoms with Gasteiger partial charge in [-0.1, -0.05) is 30.3 Å². The van der Waals surface area contributed by atoms with Gasteiger partial charge in [0, 0.05) is 38.5 Å². The van der Waals surface area contributed by atoms with Crippen molar-refractivity contribution in [2.75, 3.05) is 25.9 Å². The minimum absolute atomic E-state index is 0.0242. The van der Waals surface area contributed by atoms with E-state index in [1.165, 1.54) is 34.1 Å². The Labute approximate surface area is 189 Å². The Bertz CT molecular complexity index is 1220. The van der Waals surface area contributed by atoms with Crippen LogP contribution in [0.25, 0.3) is 0 Å². The third-order valence-corrected chi connectivity index (χ3v) is 9.08. The van der Waals surface area contributed by atoms with Crippen molar-refractivity contribution in [3.63, 3.8) is 0 Å². The predicted octanol–water partition coefficient (Wildman–Crippen LogP) is 2.01. The third kappa shape index (κ3) is 4.82. The van der Waals surface area contributed by atoms with Crippen molar-refractivity contribution in [2.24, 2.45) is 0 Å². The second-order valence-electron chi connectivity index (χ2n) is 8.32. The molecule has 0 saturated carbocycles. The normalized spacial score (nSPS) is 18.2. The first-order valence-corrected chi connectivity index (χ1v) is 13.9. The van der Waals surface area contributed by atoms with E-state index in [1.54, 1.807) is 4.90 Å². The van der Waals surface area contributed by atoms with Crippen LogP contribution in [0.1, 0.15) is 24.0 Å². The van der Waals surface area contributed by atoms with Gasteiger partial charge in [-0.05, 0) is 48.6 Å². The van der Waals surface area contributed by atoms with Gasteiger partial charge in [0.25, 0.3) is 0 Å². The van der Waals surface area contributed by atoms with E-state index in [4.69, 9.17) is 0 Å². The van der Waals surface area contributed by atoms with Crippen LogP contribution in [0.2, 0.25) is 0 Å². The summed E-state index contributed by atoms with van der Waals surface area (Å²) in [5.74, 6) is 0. The number of carbonyl (C=O) groups is 1. The molecule has 0 spiro atoms. The van der Waals surface area contributed by atoms with Gasteiger partial charge in [-0.3, -0.25) is 0 Å². The molecule has 32 heavy (non-hydrogen) atoms. The summed E-state index contributed by atoms with van der Waals surface area (Å²) in [5, 5.41) is 3.05. The Morgan fingerprint density at radius 1 is 0.906 bits per heavy atom. The maximum absolute atomic E-state index is 13.0. The second kappa shape index (κ2) is 8.84. The van der Waals surface area contributed by atoms with E-state index in [0.717, 1.165) is 18.2 Å². The van der Waals surface area contributed by atoms with Gasteiger partial charge < -0.3 is 10.2 Å². The molecular weight excluding hydrogens is 450 g/mol. The molecule has 2 aromatic rings. The highest BCUT2D eigenvalue weighted by Gasteiger charge is 2.31. The van der Waals surface area contributed by atoms with Crippen LogP contribution in [0.4, 0.5) is 4.79 Å². The highest BCUT2D eigenvalue weighted by molar-refractivity contribution is 7.91. The lowest BCUT2D eigenvalue weighted by Crippen LogP contribution is -2.51. The van der Waals surface area contributed by atoms with Crippen LogP contribution >= 0.6 is 0 Å². The fraction of sp³-hybridized carbons (Fsp3) is 0.409. The fourth-order valence-corrected chi connectivity index (χ4v) is 6.45. The quantitative estimate of drug-likeness (QED) is 0.726. The molecule has 0 bridgehead atoms. The molecule has 10 heteroatoms. The monoisotopic (exact) mass is 477 g/mol. The van der Waals surface area contributed by atoms with Crippen molar-refractivity contribution in [1.82, 2.24) is 14.5 Å². The van der Waals surface area contributed by atoms with Gasteiger partial charge in [-0.25, -0.2) is 21.6 Å². The lowest BCUT2D eigenvalue weighted by molar-refractivity contribution is 0.182. The van der Waals surface area contributed by atoms with E-state index in [1.807, 2.05) is 18.2 Å². The standard InChI is InChI=1S/C22H27N3O5S2/c1-31(27,28)20-7-4-8-21(15-20)32(29,30)25-13-10-19(11-14-25)23-22(26)24-12-9-17-5-2-3-6-18(17)16-24/h2-8,15,19H,9-14,16H2,1H3,(H,23,26). The van der Waals surface area contributed by atoms with Gasteiger partial charge >= 0.3 is 6.03 Å². The van der Waals surface area contributed by atoms with Gasteiger partial charge in [0.05, 0.1) is 9.79 Å². The zero-order chi connectivity index (χ0) is 22.9. The van der Waals surface area contributed by atoms with Crippen LogP contribution in [0.3, 0.4) is 0 Å². The molecule has 2 amide bonds. The molecule has 0 atom stereocenters. The van der Waals surface area contributed by atoms with Crippen LogP contribution in [0.15, 0.2) is 58.3 Å². The number of hydrogen-bond acceptors (Lipinski definition) is 5. The van der Waals surface area contributed by atoms with Crippen LogP contribution in [-0.4, -0.2) is 64.0 Å². The van der Waals surface area contributed by atoms with E-state index in [-0.39, 0.29) is 35.0 Å². The van der Waals surface area contributed by atoms with Crippen LogP contribution in [-0.2, 0) is 32.8 Å². The van der Waals surface area contributed by atoms with Crippen LogP contribution in [0, 0.1) is 0 Å². The molecule has 1 saturated heterocycles. The molecule has 0 aliphatic carbocycles. The van der Waals surface area contributed by atoms with E-state index < -0.39 is 19.9 Å². The van der Waals surface area contributed by atoms with Gasteiger partial charge in [-0.15, -0.1) is 0 Å². The van der Waals surface area contributed by atoms with Crippen molar-refractivity contribution in [3.8, 4) is 0 Å². The Hall–Kier alpha value is -2.43. The summed E-state index contributed by atoms with van der Waals surface area (Å²) in [4.78, 5) is 14.5. The van der Waals surface area contributed by atoms with Crippen molar-refractivity contribution in [2.45, 2.75) is 41.6 Å². The lowest BCUT2D eigenvalue weighted by atomic mass is 10.0. The Balaban J connectivity index is 1.36. The average molecular weight is 478 g/mol. The Kier molecular flexibility index (Phi) is 6.28. The molecule has 2 aliphatic rings. The number of sulfonamides is 1. The number of benzene rings is 2. The smallest absolute Gasteiger partial charge is 0.317 e. The highest BCUT2D eigenvalue weighted by atomic mass is 32.2. The zero-order valence-electron chi connectivity index (χ0n) is 17.9. The number of urea groups is 1. The molecule has 172 valence electrons. The number of rotatable bonds is 4. The van der Waals surface area contributed by atoms with Crippen LogP contribution < -0.4 is 5.32 Å². The van der Waals surface area contributed by atoms with Crippen LogP contribution in [0.5, 0.6) is 0 Å². The van der Waals surface area contributed by atoms with Crippen molar-refractivity contribution >= 4 is 25.9 Å². The predicted molar refractivity (Wildman–Crippen MR) is 120 cm³/mol. The first kappa shape index (κ1) is 22.8. The summed E-state index contributed by atoms with van der Waals surface area (Å²) in [6, 6.07) is 13.3. The highest BCUT2D eigenvalue weighted by Crippen LogP contribution is 2.24. The van der Waals surface area contributed by atoms with Gasteiger partial charge in [0.1, 0.15) is 0 Å². The Morgan fingerprint density at radius 2 is 1.56 bits per heavy atom. The first-order valence-electron chi connectivity index (χ1n) is 10.6. The second-order valence-corrected chi connectivity index (χ2v) is 12.3. The first-order chi connectivity index (χ1) is 15.1. The van der Waals surface area contributed by atoms with E-state index in [2.05, 4.69) is 11.4 Å². The number of nitrogens with zero attached hydrogens (tertiary/aromatic N) is 2. The molecule has 1 N–H and O–H groups in total. The van der Waals surface area contributed by atoms with Gasteiger partial charge in [-0.2, -0.15) is 4.31 Å². The number of nitrogens with one attached hydrogen (secondary N) is 1. The molecule has 0 radical (unpaired) electrons. The van der Waals surface area contributed by atoms with Crippen molar-refractivity contribution < 1.29 is 21.6 Å². The van der Waals surface area contributed by atoms with Crippen molar-refractivity contribution in [1.29, 1.82) is 0 Å². The molecule has 2 aliphatic heterocycles. The third-order valence-electron chi connectivity index (χ3n) is 6.07. The molecule has 2 aromatic carbocycles.